The van der Waals surface area contributed by atoms with Gasteiger partial charge in [-0.25, -0.2) is 0 Å². The molecule has 0 heterocycles. The molecule has 0 saturated carbocycles. The van der Waals surface area contributed by atoms with E-state index in [2.05, 4.69) is 5.32 Å². The maximum absolute atomic E-state index is 12.2. The average Bonchev–Trinajstić information content (AvgIpc) is 2.44. The van der Waals surface area contributed by atoms with Crippen molar-refractivity contribution in [1.82, 2.24) is 5.32 Å². The van der Waals surface area contributed by atoms with Gasteiger partial charge in [0.2, 0.25) is 0 Å². The smallest absolute Gasteiger partial charge is 0.252 e. The predicted octanol–water partition coefficient (Wildman–Crippen LogP) is 2.05. The molecule has 0 aliphatic rings. The number of amides is 1. The first-order chi connectivity index (χ1) is 9.10. The van der Waals surface area contributed by atoms with Gasteiger partial charge >= 0.3 is 0 Å². The van der Waals surface area contributed by atoms with Gasteiger partial charge in [-0.05, 0) is 25.0 Å². The lowest BCUT2D eigenvalue weighted by atomic mass is 10.0. The molecule has 0 aliphatic carbocycles. The van der Waals surface area contributed by atoms with Crippen LogP contribution in [0.4, 0.5) is 0 Å². The van der Waals surface area contributed by atoms with Crippen LogP contribution in [0.3, 0.4) is 0 Å². The number of aliphatic hydroxyl groups is 1. The van der Waals surface area contributed by atoms with Crippen molar-refractivity contribution < 1.29 is 9.90 Å². The molecule has 2 unspecified atom stereocenters. The van der Waals surface area contributed by atoms with Gasteiger partial charge in [-0.15, -0.1) is 11.8 Å². The predicted molar refractivity (Wildman–Crippen MR) is 76.0 cm³/mol. The lowest BCUT2D eigenvalue weighted by Crippen LogP contribution is -2.38. The monoisotopic (exact) mass is 278 g/mol. The number of carbonyl (C=O) groups is 1. The summed E-state index contributed by atoms with van der Waals surface area (Å²) < 4.78 is 0. The van der Waals surface area contributed by atoms with E-state index in [9.17, 15) is 4.79 Å². The Balaban J connectivity index is 2.79. The number of aliphatic hydroxyl groups excluding tert-OH is 1. The highest BCUT2D eigenvalue weighted by Crippen LogP contribution is 2.22. The Hall–Kier alpha value is -1.51. The van der Waals surface area contributed by atoms with Crippen molar-refractivity contribution in [3.8, 4) is 6.07 Å². The highest BCUT2D eigenvalue weighted by molar-refractivity contribution is 7.99. The quantitative estimate of drug-likeness (QED) is 0.781. The van der Waals surface area contributed by atoms with Gasteiger partial charge in [0.15, 0.2) is 0 Å². The van der Waals surface area contributed by atoms with Gasteiger partial charge in [0, 0.05) is 17.5 Å². The van der Waals surface area contributed by atoms with Gasteiger partial charge in [-0.2, -0.15) is 5.26 Å². The largest absolute Gasteiger partial charge is 0.396 e. The number of nitrogens with one attached hydrogen (secondary N) is 1. The van der Waals surface area contributed by atoms with E-state index in [1.54, 1.807) is 12.1 Å². The first-order valence-electron chi connectivity index (χ1n) is 6.10. The first kappa shape index (κ1) is 15.5. The zero-order valence-corrected chi connectivity index (χ0v) is 11.9. The van der Waals surface area contributed by atoms with Gasteiger partial charge in [-0.3, -0.25) is 4.79 Å². The molecule has 0 bridgehead atoms. The van der Waals surface area contributed by atoms with Crippen molar-refractivity contribution in [1.29, 1.82) is 5.26 Å². The third kappa shape index (κ3) is 4.58. The van der Waals surface area contributed by atoms with Gasteiger partial charge in [0.25, 0.3) is 5.91 Å². The highest BCUT2D eigenvalue weighted by Gasteiger charge is 2.17. The van der Waals surface area contributed by atoms with E-state index in [1.165, 1.54) is 11.8 Å². The minimum Gasteiger partial charge on any atom is -0.396 e. The average molecular weight is 278 g/mol. The summed E-state index contributed by atoms with van der Waals surface area (Å²) in [6, 6.07) is 9.16. The molecule has 0 radical (unpaired) electrons. The molecule has 19 heavy (non-hydrogen) atoms. The van der Waals surface area contributed by atoms with Crippen LogP contribution in [-0.2, 0) is 0 Å². The van der Waals surface area contributed by atoms with Crippen LogP contribution in [0.1, 0.15) is 24.2 Å². The lowest BCUT2D eigenvalue weighted by molar-refractivity contribution is 0.0913. The van der Waals surface area contributed by atoms with E-state index in [0.29, 0.717) is 11.3 Å². The van der Waals surface area contributed by atoms with Crippen molar-refractivity contribution in [3.05, 3.63) is 29.8 Å². The number of nitrogens with zero attached hydrogens (tertiary/aromatic N) is 1. The fraction of sp³-hybridized carbons (Fsp3) is 0.429. The maximum atomic E-state index is 12.2. The number of benzene rings is 1. The van der Waals surface area contributed by atoms with Crippen LogP contribution in [0.25, 0.3) is 0 Å². The van der Waals surface area contributed by atoms with Crippen LogP contribution < -0.4 is 5.32 Å². The third-order valence-electron chi connectivity index (χ3n) is 2.92. The molecule has 102 valence electrons. The molecule has 0 aromatic heterocycles. The molecule has 2 atom stereocenters. The summed E-state index contributed by atoms with van der Waals surface area (Å²) in [6.07, 6.45) is 0. The fourth-order valence-electron chi connectivity index (χ4n) is 1.48. The third-order valence-corrected chi connectivity index (χ3v) is 3.86. The summed E-state index contributed by atoms with van der Waals surface area (Å²) in [6.45, 7) is 3.78. The summed E-state index contributed by atoms with van der Waals surface area (Å²) in [5.74, 6) is 0.143. The number of hydrogen-bond donors (Lipinski definition) is 2. The van der Waals surface area contributed by atoms with Crippen LogP contribution >= 0.6 is 11.8 Å². The number of thioether (sulfide) groups is 1. The Labute approximate surface area is 117 Å². The number of rotatable bonds is 6. The molecule has 4 nitrogen and oxygen atoms in total. The zero-order chi connectivity index (χ0) is 14.3. The van der Waals surface area contributed by atoms with Gasteiger partial charge in [-0.1, -0.05) is 19.1 Å². The molecule has 0 spiro atoms. The van der Waals surface area contributed by atoms with Crippen molar-refractivity contribution in [3.63, 3.8) is 0 Å². The summed E-state index contributed by atoms with van der Waals surface area (Å²) in [7, 11) is 0. The first-order valence-corrected chi connectivity index (χ1v) is 7.09. The second-order valence-corrected chi connectivity index (χ2v) is 5.38. The molecule has 2 N–H and O–H groups in total. The van der Waals surface area contributed by atoms with Crippen LogP contribution in [0.2, 0.25) is 0 Å². The van der Waals surface area contributed by atoms with Crippen molar-refractivity contribution in [2.45, 2.75) is 24.8 Å². The van der Waals surface area contributed by atoms with Crippen LogP contribution in [0.15, 0.2) is 29.2 Å². The molecule has 0 aliphatic heterocycles. The number of nitriles is 1. The minimum atomic E-state index is -0.172. The molecule has 1 aromatic rings. The maximum Gasteiger partial charge on any atom is 0.252 e. The molecule has 0 fully saturated rings. The Morgan fingerprint density at radius 3 is 2.79 bits per heavy atom. The van der Waals surface area contributed by atoms with Crippen molar-refractivity contribution in [2.24, 2.45) is 5.92 Å². The Morgan fingerprint density at radius 1 is 1.47 bits per heavy atom. The SMILES string of the molecule is CC(CO)C(C)NC(=O)c1ccccc1SCC#N. The Kier molecular flexibility index (Phi) is 6.40. The normalized spacial score (nSPS) is 13.4. The van der Waals surface area contributed by atoms with E-state index in [0.717, 1.165) is 4.90 Å². The standard InChI is InChI=1S/C14H18N2O2S/c1-10(9-17)11(2)16-14(18)12-5-3-4-6-13(12)19-8-7-15/h3-6,10-11,17H,8-9H2,1-2H3,(H,16,18). The second kappa shape index (κ2) is 7.82. The summed E-state index contributed by atoms with van der Waals surface area (Å²) >= 11 is 1.35. The summed E-state index contributed by atoms with van der Waals surface area (Å²) in [5.41, 5.74) is 0.569. The van der Waals surface area contributed by atoms with E-state index in [-0.39, 0.29) is 24.5 Å². The van der Waals surface area contributed by atoms with Crippen LogP contribution in [0, 0.1) is 17.2 Å². The summed E-state index contributed by atoms with van der Waals surface area (Å²) in [4.78, 5) is 13.0. The Morgan fingerprint density at radius 2 is 2.16 bits per heavy atom. The molecule has 1 amide bonds. The van der Waals surface area contributed by atoms with Crippen molar-refractivity contribution >= 4 is 17.7 Å². The van der Waals surface area contributed by atoms with Gasteiger partial charge in [0.1, 0.15) is 0 Å². The van der Waals surface area contributed by atoms with Gasteiger partial charge in [0.05, 0.1) is 17.4 Å². The molecular formula is C14H18N2O2S. The highest BCUT2D eigenvalue weighted by atomic mass is 32.2. The van der Waals surface area contributed by atoms with Crippen LogP contribution in [-0.4, -0.2) is 29.4 Å². The molecule has 1 rings (SSSR count). The van der Waals surface area contributed by atoms with Crippen molar-refractivity contribution in [2.75, 3.05) is 12.4 Å². The topological polar surface area (TPSA) is 73.1 Å². The Bertz CT molecular complexity index is 471. The fourth-order valence-corrected chi connectivity index (χ4v) is 2.19. The molecular weight excluding hydrogens is 260 g/mol. The van der Waals surface area contributed by atoms with E-state index >= 15 is 0 Å². The van der Waals surface area contributed by atoms with E-state index in [1.807, 2.05) is 32.0 Å². The number of hydrogen-bond acceptors (Lipinski definition) is 4. The van der Waals surface area contributed by atoms with E-state index < -0.39 is 0 Å². The second-order valence-electron chi connectivity index (χ2n) is 4.36. The lowest BCUT2D eigenvalue weighted by Gasteiger charge is -2.20. The molecule has 5 heteroatoms. The van der Waals surface area contributed by atoms with Crippen LogP contribution in [0.5, 0.6) is 0 Å². The van der Waals surface area contributed by atoms with E-state index in [4.69, 9.17) is 10.4 Å². The van der Waals surface area contributed by atoms with Gasteiger partial charge < -0.3 is 10.4 Å². The minimum absolute atomic E-state index is 0.00266. The summed E-state index contributed by atoms with van der Waals surface area (Å²) in [5, 5.41) is 20.5. The molecule has 1 aromatic carbocycles. The number of carbonyl (C=O) groups excluding carboxylic acids is 1. The zero-order valence-electron chi connectivity index (χ0n) is 11.1. The molecule has 0 saturated heterocycles.